The van der Waals surface area contributed by atoms with Gasteiger partial charge in [0.05, 0.1) is 10.2 Å². The van der Waals surface area contributed by atoms with Crippen molar-refractivity contribution >= 4 is 27.6 Å². The topological polar surface area (TPSA) is 72.9 Å². The first-order valence-corrected chi connectivity index (χ1v) is 7.76. The first kappa shape index (κ1) is 13.4. The minimum Gasteiger partial charge on any atom is -0.369 e. The molecule has 1 aromatic heterocycles. The van der Waals surface area contributed by atoms with E-state index in [1.54, 1.807) is 10.9 Å². The van der Waals surface area contributed by atoms with E-state index in [4.69, 9.17) is 0 Å². The normalized spacial score (nSPS) is 14.4. The van der Waals surface area contributed by atoms with Crippen molar-refractivity contribution in [2.24, 2.45) is 12.0 Å². The van der Waals surface area contributed by atoms with Gasteiger partial charge < -0.3 is 9.88 Å². The Kier molecular flexibility index (Phi) is 3.00. The van der Waals surface area contributed by atoms with Crippen molar-refractivity contribution in [2.45, 2.75) is 13.5 Å². The van der Waals surface area contributed by atoms with E-state index in [1.807, 2.05) is 26.1 Å². The smallest absolute Gasteiger partial charge is 0.253 e. The third-order valence-corrected chi connectivity index (χ3v) is 4.24. The lowest BCUT2D eigenvalue weighted by Gasteiger charge is -2.13. The molecule has 0 aromatic carbocycles. The van der Waals surface area contributed by atoms with E-state index in [2.05, 4.69) is 45.9 Å². The molecule has 1 aromatic rings. The van der Waals surface area contributed by atoms with Crippen LogP contribution >= 0.6 is 15.9 Å². The van der Waals surface area contributed by atoms with Crippen LogP contribution in [0.1, 0.15) is 5.69 Å². The van der Waals surface area contributed by atoms with Crippen LogP contribution in [0.2, 0.25) is 0 Å². The lowest BCUT2D eigenvalue weighted by molar-refractivity contribution is 0.748. The number of nitrogens with one attached hydrogen (secondary N) is 1. The fraction of sp³-hybridized carbons (Fsp3) is 0.286. The van der Waals surface area contributed by atoms with Gasteiger partial charge in [-0.05, 0) is 28.9 Å². The Hall–Kier alpha value is -2.22. The summed E-state index contributed by atoms with van der Waals surface area (Å²) >= 11 is 3.58. The number of halogens is 1. The highest BCUT2D eigenvalue weighted by molar-refractivity contribution is 9.10. The number of fused-ring (bicyclic) bond motifs is 3. The molecule has 0 bridgehead atoms. The molecular formula is C14H14BrN7. The van der Waals surface area contributed by atoms with Crippen molar-refractivity contribution in [3.8, 4) is 11.4 Å². The highest BCUT2D eigenvalue weighted by atomic mass is 79.9. The molecule has 0 spiro atoms. The number of hydrogen-bond acceptors (Lipinski definition) is 5. The molecule has 3 aliphatic rings. The molecular weight excluding hydrogens is 346 g/mol. The maximum Gasteiger partial charge on any atom is 0.253 e. The molecule has 0 radical (unpaired) electrons. The fourth-order valence-corrected chi connectivity index (χ4v) is 3.27. The average molecular weight is 360 g/mol. The molecule has 7 nitrogen and oxygen atoms in total. The van der Waals surface area contributed by atoms with Crippen LogP contribution in [0.4, 0.5) is 11.6 Å². The highest BCUT2D eigenvalue weighted by Crippen LogP contribution is 2.33. The van der Waals surface area contributed by atoms with Crippen LogP contribution < -0.4 is 10.9 Å². The van der Waals surface area contributed by atoms with Gasteiger partial charge in [0.1, 0.15) is 11.6 Å². The quantitative estimate of drug-likeness (QED) is 0.719. The Morgan fingerprint density at radius 1 is 1.36 bits per heavy atom. The predicted molar refractivity (Wildman–Crippen MR) is 86.0 cm³/mol. The van der Waals surface area contributed by atoms with Crippen molar-refractivity contribution in [1.82, 2.24) is 24.3 Å². The number of pyridine rings is 1. The third-order valence-electron chi connectivity index (χ3n) is 3.64. The monoisotopic (exact) mass is 359 g/mol. The molecule has 0 atom stereocenters. The summed E-state index contributed by atoms with van der Waals surface area (Å²) in [6.45, 7) is 3.72. The first-order valence-electron chi connectivity index (χ1n) is 6.97. The van der Waals surface area contributed by atoms with E-state index in [9.17, 15) is 0 Å². The van der Waals surface area contributed by atoms with E-state index in [1.165, 1.54) is 0 Å². The Morgan fingerprint density at radius 3 is 3.00 bits per heavy atom. The second kappa shape index (κ2) is 4.91. The molecule has 4 heterocycles. The highest BCUT2D eigenvalue weighted by Gasteiger charge is 2.19. The zero-order chi connectivity index (χ0) is 15.3. The van der Waals surface area contributed by atoms with Gasteiger partial charge in [0, 0.05) is 38.0 Å². The van der Waals surface area contributed by atoms with Crippen LogP contribution in [0.3, 0.4) is 0 Å². The molecule has 0 amide bonds. The second-order valence-electron chi connectivity index (χ2n) is 5.25. The molecule has 0 saturated heterocycles. The molecule has 4 rings (SSSR count). The maximum absolute atomic E-state index is 4.62. The lowest BCUT2D eigenvalue weighted by Crippen LogP contribution is -2.17. The van der Waals surface area contributed by atoms with Crippen molar-refractivity contribution in [3.63, 3.8) is 0 Å². The third kappa shape index (κ3) is 2.10. The SMILES string of the molecule is Cc1cc(/N=c2/ncc3cc(Br)c4n(c-3n2)CCN4)n(C)n1. The van der Waals surface area contributed by atoms with Crippen LogP contribution in [0.25, 0.3) is 11.4 Å². The lowest BCUT2D eigenvalue weighted by atomic mass is 10.2. The van der Waals surface area contributed by atoms with Crippen LogP contribution in [-0.4, -0.2) is 30.9 Å². The van der Waals surface area contributed by atoms with Crippen molar-refractivity contribution < 1.29 is 0 Å². The zero-order valence-electron chi connectivity index (χ0n) is 12.2. The molecule has 3 aliphatic heterocycles. The van der Waals surface area contributed by atoms with Crippen LogP contribution in [0.5, 0.6) is 0 Å². The van der Waals surface area contributed by atoms with Gasteiger partial charge in [-0.2, -0.15) is 15.1 Å². The van der Waals surface area contributed by atoms with E-state index in [0.29, 0.717) is 5.62 Å². The Balaban J connectivity index is 1.93. The van der Waals surface area contributed by atoms with Gasteiger partial charge in [0.25, 0.3) is 5.62 Å². The molecule has 0 unspecified atom stereocenters. The molecule has 8 heteroatoms. The van der Waals surface area contributed by atoms with E-state index in [0.717, 1.165) is 46.3 Å². The van der Waals surface area contributed by atoms with E-state index < -0.39 is 0 Å². The summed E-state index contributed by atoms with van der Waals surface area (Å²) in [4.78, 5) is 13.5. The van der Waals surface area contributed by atoms with Crippen molar-refractivity contribution in [2.75, 3.05) is 11.9 Å². The summed E-state index contributed by atoms with van der Waals surface area (Å²) in [6.07, 6.45) is 1.81. The molecule has 0 saturated carbocycles. The number of aromatic nitrogens is 5. The standard InChI is InChI=1S/C14H14BrN7/c1-8-5-11(21(2)20-8)18-14-17-7-9-6-10(15)13-16-3-4-22(13)12(9)19-14/h5-7,16H,3-4H2,1-2H3/b18-14-. The summed E-state index contributed by atoms with van der Waals surface area (Å²) in [5.74, 6) is 2.68. The summed E-state index contributed by atoms with van der Waals surface area (Å²) in [6, 6.07) is 3.94. The summed E-state index contributed by atoms with van der Waals surface area (Å²) in [5.41, 5.74) is 2.35. The predicted octanol–water partition coefficient (Wildman–Crippen LogP) is 1.85. The van der Waals surface area contributed by atoms with Crippen LogP contribution in [0.15, 0.2) is 27.8 Å². The maximum atomic E-state index is 4.62. The Bertz CT molecular complexity index is 908. The van der Waals surface area contributed by atoms with Crippen molar-refractivity contribution in [1.29, 1.82) is 0 Å². The second-order valence-corrected chi connectivity index (χ2v) is 6.10. The molecule has 0 fully saturated rings. The Labute approximate surface area is 135 Å². The van der Waals surface area contributed by atoms with Crippen LogP contribution in [0, 0.1) is 6.92 Å². The number of anilines is 1. The minimum absolute atomic E-state index is 0.444. The fourth-order valence-electron chi connectivity index (χ4n) is 2.67. The molecule has 0 aliphatic carbocycles. The summed E-state index contributed by atoms with van der Waals surface area (Å²) in [5, 5.41) is 7.64. The number of nitrogens with zero attached hydrogens (tertiary/aromatic N) is 6. The van der Waals surface area contributed by atoms with Crippen molar-refractivity contribution in [3.05, 3.63) is 34.1 Å². The van der Waals surface area contributed by atoms with Gasteiger partial charge in [0.15, 0.2) is 5.82 Å². The zero-order valence-corrected chi connectivity index (χ0v) is 13.8. The Morgan fingerprint density at radius 2 is 2.23 bits per heavy atom. The van der Waals surface area contributed by atoms with Gasteiger partial charge >= 0.3 is 0 Å². The van der Waals surface area contributed by atoms with Crippen LogP contribution in [-0.2, 0) is 13.6 Å². The average Bonchev–Trinajstić information content (AvgIpc) is 3.08. The number of rotatable bonds is 1. The van der Waals surface area contributed by atoms with E-state index >= 15 is 0 Å². The van der Waals surface area contributed by atoms with Gasteiger partial charge in [-0.15, -0.1) is 0 Å². The summed E-state index contributed by atoms with van der Waals surface area (Å²) in [7, 11) is 1.86. The van der Waals surface area contributed by atoms with Gasteiger partial charge in [-0.25, -0.2) is 4.98 Å². The largest absolute Gasteiger partial charge is 0.369 e. The van der Waals surface area contributed by atoms with Gasteiger partial charge in [-0.1, -0.05) is 0 Å². The minimum atomic E-state index is 0.444. The summed E-state index contributed by atoms with van der Waals surface area (Å²) < 4.78 is 4.89. The molecule has 1 N–H and O–H groups in total. The van der Waals surface area contributed by atoms with E-state index in [-0.39, 0.29) is 0 Å². The molecule has 22 heavy (non-hydrogen) atoms. The number of hydrogen-bond donors (Lipinski definition) is 1. The molecule has 112 valence electrons. The van der Waals surface area contributed by atoms with Gasteiger partial charge in [-0.3, -0.25) is 4.68 Å². The number of aryl methyl sites for hydroxylation is 2. The van der Waals surface area contributed by atoms with Gasteiger partial charge in [0.2, 0.25) is 0 Å². The first-order chi connectivity index (χ1) is 10.6.